The summed E-state index contributed by atoms with van der Waals surface area (Å²) in [7, 11) is 0. The third-order valence-electron chi connectivity index (χ3n) is 4.28. The molecule has 0 N–H and O–H groups in total. The van der Waals surface area contributed by atoms with E-state index in [-0.39, 0.29) is 11.9 Å². The molecule has 164 valence electrons. The first-order chi connectivity index (χ1) is 14.8. The number of hydrogen-bond donors (Lipinski definition) is 0. The summed E-state index contributed by atoms with van der Waals surface area (Å²) in [5.74, 6) is 0.498. The number of hydrogen-bond acceptors (Lipinski definition) is 6. The van der Waals surface area contributed by atoms with E-state index in [0.29, 0.717) is 51.8 Å². The van der Waals surface area contributed by atoms with Crippen molar-refractivity contribution in [2.75, 3.05) is 6.61 Å². The summed E-state index contributed by atoms with van der Waals surface area (Å²) in [6.45, 7) is 0.795. The average molecular weight is 506 g/mol. The van der Waals surface area contributed by atoms with Crippen LogP contribution in [0.2, 0.25) is 20.1 Å². The highest BCUT2D eigenvalue weighted by Gasteiger charge is 2.18. The standard InChI is InChI=1S/C19H16Cl4N4O4/c20-13-3-4-17(18(23)9-13)12(10-26-11-24-19(25-26)31-27(28)29)2-1-5-30-16-7-14(21)6-15(22)8-16/h3-4,6-9,11-12H,1-2,5,10H2. The third kappa shape index (κ3) is 7.14. The number of aromatic nitrogens is 3. The van der Waals surface area contributed by atoms with Crippen LogP contribution in [-0.2, 0) is 6.54 Å². The van der Waals surface area contributed by atoms with Gasteiger partial charge in [-0.05, 0) is 48.7 Å². The van der Waals surface area contributed by atoms with Crippen LogP contribution in [0.25, 0.3) is 0 Å². The molecule has 0 aliphatic rings. The predicted molar refractivity (Wildman–Crippen MR) is 118 cm³/mol. The lowest BCUT2D eigenvalue weighted by atomic mass is 9.94. The predicted octanol–water partition coefficient (Wildman–Crippen LogP) is 6.11. The Morgan fingerprint density at radius 1 is 1.06 bits per heavy atom. The number of ether oxygens (including phenoxy) is 1. The molecule has 0 spiro atoms. The Labute approximate surface area is 197 Å². The molecule has 0 saturated carbocycles. The second kappa shape index (κ2) is 10.9. The van der Waals surface area contributed by atoms with Gasteiger partial charge in [-0.25, -0.2) is 4.84 Å². The van der Waals surface area contributed by atoms with Gasteiger partial charge in [-0.2, -0.15) is 4.98 Å². The Kier molecular flexibility index (Phi) is 8.20. The smallest absolute Gasteiger partial charge is 0.327 e. The molecule has 0 radical (unpaired) electrons. The molecule has 0 fully saturated rings. The largest absolute Gasteiger partial charge is 0.493 e. The van der Waals surface area contributed by atoms with Crippen molar-refractivity contribution in [2.24, 2.45) is 0 Å². The second-order valence-electron chi connectivity index (χ2n) is 6.52. The molecule has 0 aliphatic heterocycles. The van der Waals surface area contributed by atoms with Gasteiger partial charge in [0.15, 0.2) is 0 Å². The van der Waals surface area contributed by atoms with Crippen LogP contribution in [0, 0.1) is 10.1 Å². The molecule has 3 rings (SSSR count). The van der Waals surface area contributed by atoms with Crippen molar-refractivity contribution >= 4 is 46.4 Å². The Hall–Kier alpha value is -2.26. The summed E-state index contributed by atoms with van der Waals surface area (Å²) in [6, 6.07) is 9.93. The molecule has 31 heavy (non-hydrogen) atoms. The maximum atomic E-state index is 10.5. The Morgan fingerprint density at radius 3 is 2.48 bits per heavy atom. The Morgan fingerprint density at radius 2 is 1.81 bits per heavy atom. The molecule has 1 atom stereocenters. The first kappa shape index (κ1) is 23.4. The zero-order chi connectivity index (χ0) is 22.4. The zero-order valence-corrected chi connectivity index (χ0v) is 18.9. The van der Waals surface area contributed by atoms with Crippen LogP contribution in [0.15, 0.2) is 42.7 Å². The highest BCUT2D eigenvalue weighted by atomic mass is 35.5. The van der Waals surface area contributed by atoms with E-state index in [0.717, 1.165) is 5.56 Å². The molecular formula is C19H16Cl4N4O4. The highest BCUT2D eigenvalue weighted by Crippen LogP contribution is 2.32. The van der Waals surface area contributed by atoms with E-state index in [1.54, 1.807) is 30.3 Å². The van der Waals surface area contributed by atoms with Crippen LogP contribution in [0.5, 0.6) is 11.8 Å². The van der Waals surface area contributed by atoms with E-state index >= 15 is 0 Å². The van der Waals surface area contributed by atoms with Gasteiger partial charge < -0.3 is 4.74 Å². The minimum Gasteiger partial charge on any atom is -0.493 e. The summed E-state index contributed by atoms with van der Waals surface area (Å²) < 4.78 is 7.21. The Bertz CT molecular complexity index is 1040. The van der Waals surface area contributed by atoms with Crippen molar-refractivity contribution in [1.82, 2.24) is 14.8 Å². The first-order valence-electron chi connectivity index (χ1n) is 9.06. The lowest BCUT2D eigenvalue weighted by Crippen LogP contribution is -2.13. The molecule has 8 nitrogen and oxygen atoms in total. The maximum absolute atomic E-state index is 10.5. The van der Waals surface area contributed by atoms with Crippen molar-refractivity contribution in [3.8, 4) is 11.8 Å². The minimum atomic E-state index is -0.966. The van der Waals surface area contributed by atoms with Crippen molar-refractivity contribution < 1.29 is 14.7 Å². The fraction of sp³-hybridized carbons (Fsp3) is 0.263. The fourth-order valence-electron chi connectivity index (χ4n) is 3.01. The summed E-state index contributed by atoms with van der Waals surface area (Å²) in [5.41, 5.74) is 0.865. The van der Waals surface area contributed by atoms with Crippen LogP contribution in [0.4, 0.5) is 0 Å². The molecule has 0 bridgehead atoms. The topological polar surface area (TPSA) is 92.3 Å². The van der Waals surface area contributed by atoms with E-state index < -0.39 is 5.09 Å². The number of benzene rings is 2. The first-order valence-corrected chi connectivity index (χ1v) is 10.6. The monoisotopic (exact) mass is 504 g/mol. The van der Waals surface area contributed by atoms with Crippen molar-refractivity contribution in [3.05, 3.63) is 78.5 Å². The minimum absolute atomic E-state index is 0.0820. The Balaban J connectivity index is 1.68. The molecule has 0 aliphatic carbocycles. The SMILES string of the molecule is O=[N+]([O-])Oc1ncn(CC(CCCOc2cc(Cl)cc(Cl)c2)c2ccc(Cl)cc2Cl)n1. The lowest BCUT2D eigenvalue weighted by Gasteiger charge is -2.19. The summed E-state index contributed by atoms with van der Waals surface area (Å²) in [6.07, 6.45) is 2.72. The van der Waals surface area contributed by atoms with Crippen LogP contribution in [-0.4, -0.2) is 26.5 Å². The number of rotatable bonds is 10. The number of nitrogens with zero attached hydrogens (tertiary/aromatic N) is 4. The summed E-state index contributed by atoms with van der Waals surface area (Å²) >= 11 is 24.4. The average Bonchev–Trinajstić information content (AvgIpc) is 3.10. The van der Waals surface area contributed by atoms with Crippen molar-refractivity contribution in [3.63, 3.8) is 0 Å². The van der Waals surface area contributed by atoms with Gasteiger partial charge >= 0.3 is 11.1 Å². The third-order valence-corrected chi connectivity index (χ3v) is 5.28. The van der Waals surface area contributed by atoms with Gasteiger partial charge in [0.25, 0.3) is 0 Å². The molecular weight excluding hydrogens is 490 g/mol. The van der Waals surface area contributed by atoms with Crippen molar-refractivity contribution in [2.45, 2.75) is 25.3 Å². The van der Waals surface area contributed by atoms with Crippen LogP contribution in [0.3, 0.4) is 0 Å². The molecule has 12 heteroatoms. The van der Waals surface area contributed by atoms with Gasteiger partial charge in [0.05, 0.1) is 6.61 Å². The zero-order valence-electron chi connectivity index (χ0n) is 15.9. The van der Waals surface area contributed by atoms with Gasteiger partial charge in [-0.3, -0.25) is 4.68 Å². The van der Waals surface area contributed by atoms with E-state index in [1.165, 1.54) is 11.0 Å². The summed E-state index contributed by atoms with van der Waals surface area (Å²) in [5, 5.41) is 15.5. The quantitative estimate of drug-likeness (QED) is 0.187. The molecule has 0 saturated heterocycles. The van der Waals surface area contributed by atoms with Gasteiger partial charge in [-0.1, -0.05) is 52.5 Å². The summed E-state index contributed by atoms with van der Waals surface area (Å²) in [4.78, 5) is 18.5. The normalized spacial score (nSPS) is 11.9. The number of halogens is 4. The maximum Gasteiger partial charge on any atom is 0.327 e. The van der Waals surface area contributed by atoms with Gasteiger partial charge in [-0.15, -0.1) is 15.2 Å². The van der Waals surface area contributed by atoms with E-state index in [1.807, 2.05) is 6.07 Å². The van der Waals surface area contributed by atoms with Gasteiger partial charge in [0.1, 0.15) is 12.1 Å². The molecule has 2 aromatic carbocycles. The van der Waals surface area contributed by atoms with Crippen LogP contribution >= 0.6 is 46.4 Å². The molecule has 1 aromatic heterocycles. The fourth-order valence-corrected chi connectivity index (χ4v) is 4.08. The van der Waals surface area contributed by atoms with E-state index in [4.69, 9.17) is 51.1 Å². The second-order valence-corrected chi connectivity index (χ2v) is 8.24. The van der Waals surface area contributed by atoms with Crippen LogP contribution in [0.1, 0.15) is 24.3 Å². The van der Waals surface area contributed by atoms with E-state index in [2.05, 4.69) is 14.9 Å². The van der Waals surface area contributed by atoms with Crippen molar-refractivity contribution in [1.29, 1.82) is 0 Å². The molecule has 0 amide bonds. The van der Waals surface area contributed by atoms with Gasteiger partial charge in [0.2, 0.25) is 0 Å². The highest BCUT2D eigenvalue weighted by molar-refractivity contribution is 6.35. The molecule has 1 unspecified atom stereocenters. The van der Waals surface area contributed by atoms with Gasteiger partial charge in [0, 0.05) is 32.6 Å². The molecule has 3 aromatic rings. The van der Waals surface area contributed by atoms with Crippen LogP contribution < -0.4 is 9.57 Å². The lowest BCUT2D eigenvalue weighted by molar-refractivity contribution is -0.713. The van der Waals surface area contributed by atoms with E-state index in [9.17, 15) is 10.1 Å². The molecule has 1 heterocycles.